The zero-order valence-electron chi connectivity index (χ0n) is 14.1. The van der Waals surface area contributed by atoms with Gasteiger partial charge in [0, 0.05) is 36.1 Å². The summed E-state index contributed by atoms with van der Waals surface area (Å²) in [6.45, 7) is 4.49. The normalized spacial score (nSPS) is 15.5. The third-order valence-electron chi connectivity index (χ3n) is 4.85. The van der Waals surface area contributed by atoms with Gasteiger partial charge in [-0.1, -0.05) is 17.7 Å². The molecule has 0 unspecified atom stereocenters. The average molecular weight is 358 g/mol. The first-order valence-corrected chi connectivity index (χ1v) is 9.66. The Morgan fingerprint density at radius 2 is 1.92 bits per heavy atom. The fourth-order valence-electron chi connectivity index (χ4n) is 3.60. The largest absolute Gasteiger partial charge is 0.358 e. The number of H-pyrrole nitrogens is 1. The minimum atomic E-state index is -3.56. The van der Waals surface area contributed by atoms with Crippen LogP contribution in [0, 0.1) is 19.7 Å². The van der Waals surface area contributed by atoms with Crippen LogP contribution < -0.4 is 0 Å². The molecule has 2 heterocycles. The van der Waals surface area contributed by atoms with Gasteiger partial charge in [-0.3, -0.25) is 0 Å². The SMILES string of the molecule is Cc1ccc(S(=O)(=O)N2CCc3[nH]c4cc(F)ccc4c3C2)c(C)c1. The molecule has 4 rings (SSSR count). The third-order valence-corrected chi connectivity index (χ3v) is 6.86. The van der Waals surface area contributed by atoms with Gasteiger partial charge in [0.25, 0.3) is 0 Å². The Labute approximate surface area is 146 Å². The lowest BCUT2D eigenvalue weighted by Crippen LogP contribution is -2.36. The third kappa shape index (κ3) is 2.65. The van der Waals surface area contributed by atoms with Gasteiger partial charge in [-0.15, -0.1) is 0 Å². The topological polar surface area (TPSA) is 53.2 Å². The summed E-state index contributed by atoms with van der Waals surface area (Å²) >= 11 is 0. The summed E-state index contributed by atoms with van der Waals surface area (Å²) in [5.41, 5.74) is 4.45. The Balaban J connectivity index is 1.75. The summed E-state index contributed by atoms with van der Waals surface area (Å²) in [5, 5.41) is 0.886. The minimum absolute atomic E-state index is 0.300. The first-order chi connectivity index (χ1) is 11.9. The Morgan fingerprint density at radius 1 is 1.12 bits per heavy atom. The molecule has 1 N–H and O–H groups in total. The fourth-order valence-corrected chi connectivity index (χ4v) is 5.22. The second kappa shape index (κ2) is 5.68. The Hall–Kier alpha value is -2.18. The molecule has 1 aliphatic rings. The van der Waals surface area contributed by atoms with Crippen molar-refractivity contribution in [2.45, 2.75) is 31.7 Å². The van der Waals surface area contributed by atoms with Gasteiger partial charge < -0.3 is 4.98 Å². The van der Waals surface area contributed by atoms with Crippen LogP contribution in [0.1, 0.15) is 22.4 Å². The lowest BCUT2D eigenvalue weighted by molar-refractivity contribution is 0.391. The van der Waals surface area contributed by atoms with E-state index < -0.39 is 10.0 Å². The van der Waals surface area contributed by atoms with Gasteiger partial charge in [0.2, 0.25) is 10.0 Å². The van der Waals surface area contributed by atoms with E-state index in [0.717, 1.165) is 33.3 Å². The van der Waals surface area contributed by atoms with Crippen molar-refractivity contribution in [2.24, 2.45) is 0 Å². The molecule has 6 heteroatoms. The quantitative estimate of drug-likeness (QED) is 0.760. The van der Waals surface area contributed by atoms with E-state index in [1.807, 2.05) is 26.0 Å². The Morgan fingerprint density at radius 3 is 2.68 bits per heavy atom. The van der Waals surface area contributed by atoms with Crippen LogP contribution in [0.5, 0.6) is 0 Å². The van der Waals surface area contributed by atoms with E-state index >= 15 is 0 Å². The van der Waals surface area contributed by atoms with Crippen molar-refractivity contribution < 1.29 is 12.8 Å². The first-order valence-electron chi connectivity index (χ1n) is 8.22. The Kier molecular flexibility index (Phi) is 3.70. The molecule has 0 bridgehead atoms. The smallest absolute Gasteiger partial charge is 0.243 e. The van der Waals surface area contributed by atoms with Crippen molar-refractivity contribution in [3.05, 3.63) is 64.6 Å². The van der Waals surface area contributed by atoms with Gasteiger partial charge in [0.15, 0.2) is 0 Å². The molecular formula is C19H19FN2O2S. The number of nitrogens with zero attached hydrogens (tertiary/aromatic N) is 1. The molecule has 0 saturated carbocycles. The number of fused-ring (bicyclic) bond motifs is 3. The fraction of sp³-hybridized carbons (Fsp3) is 0.263. The molecule has 3 aromatic rings. The number of rotatable bonds is 2. The van der Waals surface area contributed by atoms with E-state index in [2.05, 4.69) is 4.98 Å². The molecule has 1 aliphatic heterocycles. The Bertz CT molecular complexity index is 1090. The van der Waals surface area contributed by atoms with E-state index in [1.54, 1.807) is 12.1 Å². The number of aryl methyl sites for hydroxylation is 2. The summed E-state index contributed by atoms with van der Waals surface area (Å²) in [7, 11) is -3.56. The number of hydrogen-bond acceptors (Lipinski definition) is 2. The van der Waals surface area contributed by atoms with Crippen LogP contribution in [-0.4, -0.2) is 24.3 Å². The molecule has 25 heavy (non-hydrogen) atoms. The number of aromatic amines is 1. The summed E-state index contributed by atoms with van der Waals surface area (Å²) < 4.78 is 41.2. The molecule has 0 amide bonds. The maximum Gasteiger partial charge on any atom is 0.243 e. The van der Waals surface area contributed by atoms with Crippen molar-refractivity contribution in [1.82, 2.24) is 9.29 Å². The van der Waals surface area contributed by atoms with Crippen molar-refractivity contribution >= 4 is 20.9 Å². The van der Waals surface area contributed by atoms with Gasteiger partial charge in [0.1, 0.15) is 5.82 Å². The molecule has 2 aromatic carbocycles. The highest BCUT2D eigenvalue weighted by Crippen LogP contribution is 2.31. The predicted molar refractivity (Wildman–Crippen MR) is 95.5 cm³/mol. The second-order valence-electron chi connectivity index (χ2n) is 6.63. The number of aromatic nitrogens is 1. The average Bonchev–Trinajstić information content (AvgIpc) is 2.90. The summed E-state index contributed by atoms with van der Waals surface area (Å²) in [6.07, 6.45) is 0.593. The van der Waals surface area contributed by atoms with Crippen LogP contribution >= 0.6 is 0 Å². The lowest BCUT2D eigenvalue weighted by Gasteiger charge is -2.27. The van der Waals surface area contributed by atoms with E-state index in [-0.39, 0.29) is 5.82 Å². The van der Waals surface area contributed by atoms with Crippen LogP contribution in [0.25, 0.3) is 10.9 Å². The van der Waals surface area contributed by atoms with Crippen LogP contribution in [0.4, 0.5) is 4.39 Å². The van der Waals surface area contributed by atoms with Gasteiger partial charge in [-0.2, -0.15) is 4.31 Å². The molecule has 4 nitrogen and oxygen atoms in total. The van der Waals surface area contributed by atoms with Crippen molar-refractivity contribution in [2.75, 3.05) is 6.54 Å². The maximum absolute atomic E-state index is 13.4. The highest BCUT2D eigenvalue weighted by Gasteiger charge is 2.31. The van der Waals surface area contributed by atoms with Crippen molar-refractivity contribution in [3.8, 4) is 0 Å². The van der Waals surface area contributed by atoms with Crippen LogP contribution in [-0.2, 0) is 23.0 Å². The summed E-state index contributed by atoms with van der Waals surface area (Å²) in [6, 6.07) is 9.97. The number of hydrogen-bond donors (Lipinski definition) is 1. The van der Waals surface area contributed by atoms with Crippen LogP contribution in [0.2, 0.25) is 0 Å². The number of nitrogens with one attached hydrogen (secondary N) is 1. The first kappa shape index (κ1) is 16.3. The number of benzene rings is 2. The zero-order chi connectivity index (χ0) is 17.8. The molecule has 0 aliphatic carbocycles. The number of sulfonamides is 1. The predicted octanol–water partition coefficient (Wildman–Crippen LogP) is 3.67. The molecule has 0 fully saturated rings. The molecule has 0 spiro atoms. The van der Waals surface area contributed by atoms with E-state index in [9.17, 15) is 12.8 Å². The summed E-state index contributed by atoms with van der Waals surface area (Å²) in [5.74, 6) is -0.300. The van der Waals surface area contributed by atoms with Crippen LogP contribution in [0.3, 0.4) is 0 Å². The van der Waals surface area contributed by atoms with Crippen molar-refractivity contribution in [1.29, 1.82) is 0 Å². The van der Waals surface area contributed by atoms with Crippen LogP contribution in [0.15, 0.2) is 41.3 Å². The molecular weight excluding hydrogens is 339 g/mol. The van der Waals surface area contributed by atoms with Gasteiger partial charge in [-0.05, 0) is 49.2 Å². The number of halogens is 1. The highest BCUT2D eigenvalue weighted by atomic mass is 32.2. The maximum atomic E-state index is 13.4. The standard InChI is InChI=1S/C19H19FN2O2S/c1-12-3-6-19(13(2)9-12)25(23,24)22-8-7-17-16(11-22)15-5-4-14(20)10-18(15)21-17/h3-6,9-10,21H,7-8,11H2,1-2H3. The minimum Gasteiger partial charge on any atom is -0.358 e. The van der Waals surface area contributed by atoms with E-state index in [0.29, 0.717) is 24.4 Å². The molecule has 0 saturated heterocycles. The summed E-state index contributed by atoms with van der Waals surface area (Å²) in [4.78, 5) is 3.58. The monoisotopic (exact) mass is 358 g/mol. The molecule has 1 aromatic heterocycles. The van der Waals surface area contributed by atoms with E-state index in [1.165, 1.54) is 16.4 Å². The lowest BCUT2D eigenvalue weighted by atomic mass is 10.1. The van der Waals surface area contributed by atoms with Gasteiger partial charge >= 0.3 is 0 Å². The van der Waals surface area contributed by atoms with Gasteiger partial charge in [-0.25, -0.2) is 12.8 Å². The molecule has 0 atom stereocenters. The van der Waals surface area contributed by atoms with E-state index in [4.69, 9.17) is 0 Å². The molecule has 0 radical (unpaired) electrons. The molecule has 130 valence electrons. The van der Waals surface area contributed by atoms with Gasteiger partial charge in [0.05, 0.1) is 4.90 Å². The zero-order valence-corrected chi connectivity index (χ0v) is 15.0. The second-order valence-corrected chi connectivity index (χ2v) is 8.54. The highest BCUT2D eigenvalue weighted by molar-refractivity contribution is 7.89. The van der Waals surface area contributed by atoms with Crippen molar-refractivity contribution in [3.63, 3.8) is 0 Å².